The van der Waals surface area contributed by atoms with Gasteiger partial charge in [-0.25, -0.2) is 0 Å². The maximum atomic E-state index is 12.8. The molecular weight excluding hydrogens is 236 g/mol. The summed E-state index contributed by atoms with van der Waals surface area (Å²) in [6.07, 6.45) is 12.1. The number of amides is 1. The third-order valence-corrected chi connectivity index (χ3v) is 5.59. The van der Waals surface area contributed by atoms with Crippen LogP contribution in [0, 0.1) is 11.8 Å². The number of hydrogen-bond donors (Lipinski definition) is 1. The second kappa shape index (κ2) is 5.82. The molecule has 0 bridgehead atoms. The van der Waals surface area contributed by atoms with E-state index in [4.69, 9.17) is 5.73 Å². The molecule has 2 N–H and O–H groups in total. The fourth-order valence-electron chi connectivity index (χ4n) is 4.58. The van der Waals surface area contributed by atoms with Gasteiger partial charge in [-0.1, -0.05) is 19.3 Å². The Labute approximate surface area is 116 Å². The SMILES string of the molecule is NC1CCCC(C(=O)N2CCC[C@H]3CCCC[C@H]32)C1. The molecule has 0 aromatic rings. The van der Waals surface area contributed by atoms with Gasteiger partial charge in [0.25, 0.3) is 0 Å². The second-order valence-electron chi connectivity index (χ2n) is 6.91. The lowest BCUT2D eigenvalue weighted by atomic mass is 9.77. The number of piperidine rings is 1. The van der Waals surface area contributed by atoms with E-state index in [0.717, 1.165) is 38.1 Å². The molecule has 2 saturated carbocycles. The van der Waals surface area contributed by atoms with Crippen LogP contribution in [0.25, 0.3) is 0 Å². The molecule has 1 saturated heterocycles. The van der Waals surface area contributed by atoms with Gasteiger partial charge in [-0.3, -0.25) is 4.79 Å². The summed E-state index contributed by atoms with van der Waals surface area (Å²) in [6.45, 7) is 1.01. The Morgan fingerprint density at radius 3 is 2.58 bits per heavy atom. The molecule has 0 aromatic carbocycles. The number of likely N-dealkylation sites (tertiary alicyclic amines) is 1. The lowest BCUT2D eigenvalue weighted by Crippen LogP contribution is -2.52. The van der Waals surface area contributed by atoms with Gasteiger partial charge < -0.3 is 10.6 Å². The predicted molar refractivity (Wildman–Crippen MR) is 76.6 cm³/mol. The lowest BCUT2D eigenvalue weighted by Gasteiger charge is -2.45. The highest BCUT2D eigenvalue weighted by Gasteiger charge is 2.38. The monoisotopic (exact) mass is 264 g/mol. The van der Waals surface area contributed by atoms with E-state index in [-0.39, 0.29) is 12.0 Å². The highest BCUT2D eigenvalue weighted by molar-refractivity contribution is 5.79. The van der Waals surface area contributed by atoms with Gasteiger partial charge in [-0.05, 0) is 50.9 Å². The summed E-state index contributed by atoms with van der Waals surface area (Å²) in [4.78, 5) is 15.1. The predicted octanol–water partition coefficient (Wildman–Crippen LogP) is 2.69. The Bertz CT molecular complexity index is 329. The fourth-order valence-corrected chi connectivity index (χ4v) is 4.58. The molecule has 1 heterocycles. The van der Waals surface area contributed by atoms with E-state index in [9.17, 15) is 4.79 Å². The second-order valence-corrected chi connectivity index (χ2v) is 6.91. The van der Waals surface area contributed by atoms with Crippen molar-refractivity contribution >= 4 is 5.91 Å². The molecule has 2 aliphatic carbocycles. The van der Waals surface area contributed by atoms with Crippen LogP contribution in [0.3, 0.4) is 0 Å². The first-order valence-electron chi connectivity index (χ1n) is 8.32. The van der Waals surface area contributed by atoms with Crippen LogP contribution in [0.4, 0.5) is 0 Å². The zero-order valence-corrected chi connectivity index (χ0v) is 12.0. The van der Waals surface area contributed by atoms with Crippen LogP contribution < -0.4 is 5.73 Å². The number of nitrogens with zero attached hydrogens (tertiary/aromatic N) is 1. The smallest absolute Gasteiger partial charge is 0.225 e. The van der Waals surface area contributed by atoms with Crippen molar-refractivity contribution in [2.45, 2.75) is 76.3 Å². The number of rotatable bonds is 1. The summed E-state index contributed by atoms with van der Waals surface area (Å²) < 4.78 is 0. The lowest BCUT2D eigenvalue weighted by molar-refractivity contribution is -0.143. The number of fused-ring (bicyclic) bond motifs is 1. The van der Waals surface area contributed by atoms with Crippen molar-refractivity contribution in [2.24, 2.45) is 17.6 Å². The summed E-state index contributed by atoms with van der Waals surface area (Å²) in [7, 11) is 0. The van der Waals surface area contributed by atoms with E-state index < -0.39 is 0 Å². The molecule has 3 rings (SSSR count). The van der Waals surface area contributed by atoms with Crippen LogP contribution in [-0.2, 0) is 4.79 Å². The van der Waals surface area contributed by atoms with Gasteiger partial charge in [0, 0.05) is 24.5 Å². The Kier molecular flexibility index (Phi) is 4.11. The van der Waals surface area contributed by atoms with Gasteiger partial charge >= 0.3 is 0 Å². The highest BCUT2D eigenvalue weighted by Crippen LogP contribution is 2.37. The molecule has 0 radical (unpaired) electrons. The van der Waals surface area contributed by atoms with Crippen LogP contribution in [-0.4, -0.2) is 29.4 Å². The van der Waals surface area contributed by atoms with Crippen molar-refractivity contribution in [1.29, 1.82) is 0 Å². The third kappa shape index (κ3) is 2.81. The standard InChI is InChI=1S/C16H28N2O/c17-14-8-3-6-13(11-14)16(19)18-10-4-7-12-5-1-2-9-15(12)18/h12-15H,1-11,17H2/t12-,13?,14?,15-/m1/s1. The van der Waals surface area contributed by atoms with Gasteiger partial charge in [0.1, 0.15) is 0 Å². The van der Waals surface area contributed by atoms with Gasteiger partial charge in [0.15, 0.2) is 0 Å². The Balaban J connectivity index is 1.67. The molecule has 4 atom stereocenters. The topological polar surface area (TPSA) is 46.3 Å². The zero-order valence-electron chi connectivity index (χ0n) is 12.0. The van der Waals surface area contributed by atoms with Gasteiger partial charge in [-0.15, -0.1) is 0 Å². The van der Waals surface area contributed by atoms with Crippen LogP contribution >= 0.6 is 0 Å². The average molecular weight is 264 g/mol. The molecular formula is C16H28N2O. The third-order valence-electron chi connectivity index (χ3n) is 5.59. The van der Waals surface area contributed by atoms with Crippen molar-refractivity contribution in [3.05, 3.63) is 0 Å². The molecule has 3 fully saturated rings. The minimum absolute atomic E-state index is 0.226. The van der Waals surface area contributed by atoms with E-state index in [1.165, 1.54) is 38.5 Å². The van der Waals surface area contributed by atoms with Gasteiger partial charge in [-0.2, -0.15) is 0 Å². The van der Waals surface area contributed by atoms with Crippen LogP contribution in [0.15, 0.2) is 0 Å². The molecule has 1 aliphatic heterocycles. The molecule has 3 nitrogen and oxygen atoms in total. The van der Waals surface area contributed by atoms with E-state index in [2.05, 4.69) is 4.90 Å². The average Bonchev–Trinajstić information content (AvgIpc) is 2.46. The molecule has 19 heavy (non-hydrogen) atoms. The van der Waals surface area contributed by atoms with E-state index in [1.54, 1.807) is 0 Å². The van der Waals surface area contributed by atoms with Crippen LogP contribution in [0.5, 0.6) is 0 Å². The van der Waals surface area contributed by atoms with Crippen LogP contribution in [0.2, 0.25) is 0 Å². The maximum absolute atomic E-state index is 12.8. The van der Waals surface area contributed by atoms with E-state index in [0.29, 0.717) is 11.9 Å². The minimum atomic E-state index is 0.226. The molecule has 108 valence electrons. The molecule has 1 amide bonds. The van der Waals surface area contributed by atoms with Gasteiger partial charge in [0.05, 0.1) is 0 Å². The van der Waals surface area contributed by atoms with Gasteiger partial charge in [0.2, 0.25) is 5.91 Å². The minimum Gasteiger partial charge on any atom is -0.339 e. The van der Waals surface area contributed by atoms with Crippen molar-refractivity contribution in [2.75, 3.05) is 6.54 Å². The first-order chi connectivity index (χ1) is 9.25. The van der Waals surface area contributed by atoms with Crippen molar-refractivity contribution < 1.29 is 4.79 Å². The summed E-state index contributed by atoms with van der Waals surface area (Å²) in [5, 5.41) is 0. The molecule has 2 unspecified atom stereocenters. The first-order valence-corrected chi connectivity index (χ1v) is 8.32. The number of hydrogen-bond acceptors (Lipinski definition) is 2. The largest absolute Gasteiger partial charge is 0.339 e. The molecule has 0 spiro atoms. The van der Waals surface area contributed by atoms with E-state index >= 15 is 0 Å². The summed E-state index contributed by atoms with van der Waals surface area (Å²) in [5.74, 6) is 1.46. The van der Waals surface area contributed by atoms with E-state index in [1.807, 2.05) is 0 Å². The number of carbonyl (C=O) groups excluding carboxylic acids is 1. The normalized spacial score (nSPS) is 39.7. The van der Waals surface area contributed by atoms with Crippen molar-refractivity contribution in [3.63, 3.8) is 0 Å². The quantitative estimate of drug-likeness (QED) is 0.791. The molecule has 3 heteroatoms. The Hall–Kier alpha value is -0.570. The zero-order chi connectivity index (χ0) is 13.2. The maximum Gasteiger partial charge on any atom is 0.225 e. The highest BCUT2D eigenvalue weighted by atomic mass is 16.2. The summed E-state index contributed by atoms with van der Waals surface area (Å²) in [5.41, 5.74) is 6.05. The summed E-state index contributed by atoms with van der Waals surface area (Å²) >= 11 is 0. The fraction of sp³-hybridized carbons (Fsp3) is 0.938. The number of carbonyl (C=O) groups is 1. The van der Waals surface area contributed by atoms with Crippen molar-refractivity contribution in [3.8, 4) is 0 Å². The Morgan fingerprint density at radius 1 is 0.947 bits per heavy atom. The number of nitrogens with two attached hydrogens (primary N) is 1. The van der Waals surface area contributed by atoms with Crippen LogP contribution in [0.1, 0.15) is 64.2 Å². The summed E-state index contributed by atoms with van der Waals surface area (Å²) in [6, 6.07) is 0.822. The molecule has 3 aliphatic rings. The first kappa shape index (κ1) is 13.4. The Morgan fingerprint density at radius 2 is 1.74 bits per heavy atom. The molecule has 0 aromatic heterocycles. The van der Waals surface area contributed by atoms with Crippen molar-refractivity contribution in [1.82, 2.24) is 4.90 Å².